The molecule has 0 aliphatic heterocycles. The molecule has 2 rings (SSSR count). The van der Waals surface area contributed by atoms with Gasteiger partial charge in [0.05, 0.1) is 14.2 Å². The number of amides is 1. The molecule has 2 aromatic rings. The molecule has 1 heterocycles. The lowest BCUT2D eigenvalue weighted by molar-refractivity contribution is 0.0947. The molecule has 1 amide bonds. The van der Waals surface area contributed by atoms with E-state index in [4.69, 9.17) is 9.47 Å². The van der Waals surface area contributed by atoms with Gasteiger partial charge >= 0.3 is 0 Å². The van der Waals surface area contributed by atoms with Crippen molar-refractivity contribution in [3.8, 4) is 11.5 Å². The molecule has 1 aromatic heterocycles. The molecule has 0 radical (unpaired) electrons. The van der Waals surface area contributed by atoms with Crippen LogP contribution in [0.25, 0.3) is 0 Å². The Morgan fingerprint density at radius 3 is 2.62 bits per heavy atom. The third-order valence-electron chi connectivity index (χ3n) is 3.79. The van der Waals surface area contributed by atoms with E-state index < -0.39 is 0 Å². The topological polar surface area (TPSA) is 85.4 Å². The van der Waals surface area contributed by atoms with Gasteiger partial charge in [-0.15, -0.1) is 0 Å². The predicted octanol–water partition coefficient (Wildman–Crippen LogP) is 2.88. The van der Waals surface area contributed by atoms with Crippen molar-refractivity contribution in [3.05, 3.63) is 41.7 Å². The number of nitrogens with zero attached hydrogens (tertiary/aromatic N) is 2. The van der Waals surface area contributed by atoms with Crippen molar-refractivity contribution in [2.75, 3.05) is 26.1 Å². The Morgan fingerprint density at radius 2 is 1.92 bits per heavy atom. The third-order valence-corrected chi connectivity index (χ3v) is 3.79. The van der Waals surface area contributed by atoms with Crippen LogP contribution in [0, 0.1) is 5.92 Å². The monoisotopic (exact) mass is 358 g/mol. The van der Waals surface area contributed by atoms with Gasteiger partial charge in [0, 0.05) is 19.3 Å². The number of anilines is 1. The summed E-state index contributed by atoms with van der Waals surface area (Å²) in [5.74, 6) is 2.08. The number of carbonyl (C=O) groups is 1. The highest BCUT2D eigenvalue weighted by molar-refractivity contribution is 5.92. The molecule has 1 aromatic carbocycles. The minimum absolute atomic E-state index is 0.192. The van der Waals surface area contributed by atoms with Gasteiger partial charge < -0.3 is 20.1 Å². The average Bonchev–Trinajstić information content (AvgIpc) is 2.65. The zero-order chi connectivity index (χ0) is 18.9. The molecule has 0 saturated carbocycles. The number of hydrogen-bond acceptors (Lipinski definition) is 6. The first-order valence-corrected chi connectivity index (χ1v) is 8.59. The number of methoxy groups -OCH3 is 2. The maximum Gasteiger partial charge on any atom is 0.270 e. The van der Waals surface area contributed by atoms with Crippen molar-refractivity contribution >= 4 is 11.9 Å². The summed E-state index contributed by atoms with van der Waals surface area (Å²) < 4.78 is 10.5. The zero-order valence-electron chi connectivity index (χ0n) is 15.7. The molecular weight excluding hydrogens is 332 g/mol. The first-order chi connectivity index (χ1) is 12.5. The molecule has 0 saturated heterocycles. The molecule has 26 heavy (non-hydrogen) atoms. The van der Waals surface area contributed by atoms with E-state index in [1.165, 1.54) is 0 Å². The largest absolute Gasteiger partial charge is 0.493 e. The Hall–Kier alpha value is -2.83. The van der Waals surface area contributed by atoms with Crippen molar-refractivity contribution in [2.24, 2.45) is 5.92 Å². The van der Waals surface area contributed by atoms with Crippen LogP contribution in [0.1, 0.15) is 36.3 Å². The van der Waals surface area contributed by atoms with Gasteiger partial charge in [-0.3, -0.25) is 4.79 Å². The van der Waals surface area contributed by atoms with E-state index in [1.807, 2.05) is 18.2 Å². The molecule has 7 heteroatoms. The van der Waals surface area contributed by atoms with Crippen LogP contribution in [-0.4, -0.2) is 36.6 Å². The van der Waals surface area contributed by atoms with Crippen LogP contribution >= 0.6 is 0 Å². The van der Waals surface area contributed by atoms with Crippen molar-refractivity contribution in [2.45, 2.75) is 26.8 Å². The van der Waals surface area contributed by atoms with E-state index in [0.29, 0.717) is 42.1 Å². The van der Waals surface area contributed by atoms with Crippen molar-refractivity contribution in [1.29, 1.82) is 0 Å². The fourth-order valence-corrected chi connectivity index (χ4v) is 2.31. The van der Waals surface area contributed by atoms with E-state index in [9.17, 15) is 4.79 Å². The molecule has 0 bridgehead atoms. The highest BCUT2D eigenvalue weighted by atomic mass is 16.5. The van der Waals surface area contributed by atoms with Gasteiger partial charge in [-0.25, -0.2) is 9.97 Å². The summed E-state index contributed by atoms with van der Waals surface area (Å²) in [5.41, 5.74) is 1.33. The molecule has 0 spiro atoms. The van der Waals surface area contributed by atoms with Crippen LogP contribution in [0.15, 0.2) is 30.5 Å². The molecular formula is C19H26N4O3. The smallest absolute Gasteiger partial charge is 0.270 e. The van der Waals surface area contributed by atoms with E-state index >= 15 is 0 Å². The Morgan fingerprint density at radius 1 is 1.15 bits per heavy atom. The van der Waals surface area contributed by atoms with E-state index in [2.05, 4.69) is 34.4 Å². The Labute approximate surface area is 154 Å². The number of nitrogens with one attached hydrogen (secondary N) is 2. The highest BCUT2D eigenvalue weighted by Crippen LogP contribution is 2.27. The number of ether oxygens (including phenoxy) is 2. The zero-order valence-corrected chi connectivity index (χ0v) is 15.7. The second-order valence-corrected chi connectivity index (χ2v) is 6.25. The fraction of sp³-hybridized carbons (Fsp3) is 0.421. The molecule has 0 fully saturated rings. The summed E-state index contributed by atoms with van der Waals surface area (Å²) in [6, 6.07) is 7.26. The second kappa shape index (κ2) is 9.60. The Balaban J connectivity index is 1.97. The van der Waals surface area contributed by atoms with Gasteiger partial charge in [-0.1, -0.05) is 19.9 Å². The lowest BCUT2D eigenvalue weighted by Gasteiger charge is -2.11. The molecule has 0 unspecified atom stereocenters. The van der Waals surface area contributed by atoms with Crippen molar-refractivity contribution < 1.29 is 14.3 Å². The van der Waals surface area contributed by atoms with E-state index in [1.54, 1.807) is 26.5 Å². The molecule has 7 nitrogen and oxygen atoms in total. The summed E-state index contributed by atoms with van der Waals surface area (Å²) >= 11 is 0. The maximum atomic E-state index is 12.1. The first kappa shape index (κ1) is 19.5. The molecule has 0 aliphatic rings. The van der Waals surface area contributed by atoms with Crippen molar-refractivity contribution in [3.63, 3.8) is 0 Å². The number of aromatic nitrogens is 2. The summed E-state index contributed by atoms with van der Waals surface area (Å²) in [6.07, 6.45) is 2.50. The molecule has 2 N–H and O–H groups in total. The molecule has 0 atom stereocenters. The minimum Gasteiger partial charge on any atom is -0.493 e. The van der Waals surface area contributed by atoms with Gasteiger partial charge in [0.1, 0.15) is 5.69 Å². The summed E-state index contributed by atoms with van der Waals surface area (Å²) in [4.78, 5) is 20.6. The van der Waals surface area contributed by atoms with Crippen LogP contribution in [0.4, 0.5) is 5.95 Å². The standard InChI is InChI=1S/C19H26N4O3/c1-13(2)7-9-20-18(24)15-8-10-21-19(23-15)22-12-14-5-6-16(25-3)17(11-14)26-4/h5-6,8,10-11,13H,7,9,12H2,1-4H3,(H,20,24)(H,21,22,23). The predicted molar refractivity (Wildman–Crippen MR) is 101 cm³/mol. The normalized spacial score (nSPS) is 10.5. The van der Waals surface area contributed by atoms with Crippen LogP contribution < -0.4 is 20.1 Å². The molecule has 0 aliphatic carbocycles. The van der Waals surface area contributed by atoms with E-state index in [0.717, 1.165) is 12.0 Å². The van der Waals surface area contributed by atoms with Gasteiger partial charge in [0.15, 0.2) is 11.5 Å². The van der Waals surface area contributed by atoms with Gasteiger partial charge in [-0.2, -0.15) is 0 Å². The van der Waals surface area contributed by atoms with Gasteiger partial charge in [0.25, 0.3) is 5.91 Å². The van der Waals surface area contributed by atoms with Crippen LogP contribution in [0.2, 0.25) is 0 Å². The second-order valence-electron chi connectivity index (χ2n) is 6.25. The Bertz CT molecular complexity index is 734. The third kappa shape index (κ3) is 5.61. The number of rotatable bonds is 9. The highest BCUT2D eigenvalue weighted by Gasteiger charge is 2.09. The Kier molecular flexibility index (Phi) is 7.20. The van der Waals surface area contributed by atoms with Crippen LogP contribution in [-0.2, 0) is 6.54 Å². The summed E-state index contributed by atoms with van der Waals surface area (Å²) in [7, 11) is 3.20. The maximum absolute atomic E-state index is 12.1. The lowest BCUT2D eigenvalue weighted by atomic mass is 10.1. The fourth-order valence-electron chi connectivity index (χ4n) is 2.31. The number of carbonyl (C=O) groups excluding carboxylic acids is 1. The lowest BCUT2D eigenvalue weighted by Crippen LogP contribution is -2.26. The SMILES string of the molecule is COc1ccc(CNc2nccc(C(=O)NCCC(C)C)n2)cc1OC. The van der Waals surface area contributed by atoms with E-state index in [-0.39, 0.29) is 5.91 Å². The summed E-state index contributed by atoms with van der Waals surface area (Å²) in [6.45, 7) is 5.37. The van der Waals surface area contributed by atoms with Crippen LogP contribution in [0.3, 0.4) is 0 Å². The van der Waals surface area contributed by atoms with Crippen molar-refractivity contribution in [1.82, 2.24) is 15.3 Å². The summed E-state index contributed by atoms with van der Waals surface area (Å²) in [5, 5.41) is 5.99. The first-order valence-electron chi connectivity index (χ1n) is 8.59. The minimum atomic E-state index is -0.192. The molecule has 140 valence electrons. The quantitative estimate of drug-likeness (QED) is 0.717. The van der Waals surface area contributed by atoms with Crippen LogP contribution in [0.5, 0.6) is 11.5 Å². The average molecular weight is 358 g/mol. The van der Waals surface area contributed by atoms with Gasteiger partial charge in [0.2, 0.25) is 5.95 Å². The van der Waals surface area contributed by atoms with Gasteiger partial charge in [-0.05, 0) is 36.1 Å². The number of hydrogen-bond donors (Lipinski definition) is 2. The number of benzene rings is 1.